The van der Waals surface area contributed by atoms with Gasteiger partial charge in [-0.25, -0.2) is 0 Å². The fourth-order valence-corrected chi connectivity index (χ4v) is 4.03. The summed E-state index contributed by atoms with van der Waals surface area (Å²) in [6.07, 6.45) is 4.23. The van der Waals surface area contributed by atoms with Gasteiger partial charge in [0.25, 0.3) is 0 Å². The van der Waals surface area contributed by atoms with Crippen molar-refractivity contribution in [3.63, 3.8) is 0 Å². The van der Waals surface area contributed by atoms with Gasteiger partial charge < -0.3 is 9.64 Å². The van der Waals surface area contributed by atoms with Gasteiger partial charge >= 0.3 is 0 Å². The van der Waals surface area contributed by atoms with Gasteiger partial charge in [0.1, 0.15) is 5.75 Å². The molecule has 2 saturated heterocycles. The van der Waals surface area contributed by atoms with Crippen molar-refractivity contribution in [2.45, 2.75) is 44.0 Å². The highest BCUT2D eigenvalue weighted by atomic mass is 32.2. The first-order chi connectivity index (χ1) is 8.18. The van der Waals surface area contributed by atoms with E-state index in [1.54, 1.807) is 0 Å². The van der Waals surface area contributed by atoms with Crippen LogP contribution in [0.2, 0.25) is 0 Å². The predicted molar refractivity (Wildman–Crippen MR) is 67.3 cm³/mol. The molecule has 4 nitrogen and oxygen atoms in total. The third-order valence-corrected chi connectivity index (χ3v) is 5.44. The Morgan fingerprint density at radius 2 is 2.06 bits per heavy atom. The van der Waals surface area contributed by atoms with E-state index in [9.17, 15) is 9.00 Å². The number of likely N-dealkylation sites (tertiary alicyclic amines) is 1. The summed E-state index contributed by atoms with van der Waals surface area (Å²) >= 11 is 0. The molecule has 17 heavy (non-hydrogen) atoms. The zero-order valence-corrected chi connectivity index (χ0v) is 11.2. The largest absolute Gasteiger partial charge is 0.377 e. The standard InChI is InChI=1S/C12H21NO3S/c1-10-11(5-8-16-10)17(15)9-12(14)13-6-3-2-4-7-13/h10-11H,2-9H2,1H3/t10-,11-,17+/m1/s1. The smallest absolute Gasteiger partial charge is 0.235 e. The van der Waals surface area contributed by atoms with Crippen LogP contribution in [0.5, 0.6) is 0 Å². The Bertz CT molecular complexity index is 302. The van der Waals surface area contributed by atoms with Crippen LogP contribution >= 0.6 is 0 Å². The lowest BCUT2D eigenvalue weighted by atomic mass is 10.1. The Hall–Kier alpha value is -0.420. The highest BCUT2D eigenvalue weighted by Gasteiger charge is 2.31. The molecular weight excluding hydrogens is 238 g/mol. The number of nitrogens with zero attached hydrogens (tertiary/aromatic N) is 1. The van der Waals surface area contributed by atoms with Crippen molar-refractivity contribution >= 4 is 16.7 Å². The van der Waals surface area contributed by atoms with Crippen LogP contribution in [-0.2, 0) is 20.3 Å². The molecule has 98 valence electrons. The highest BCUT2D eigenvalue weighted by molar-refractivity contribution is 7.86. The van der Waals surface area contributed by atoms with Crippen molar-refractivity contribution in [2.75, 3.05) is 25.4 Å². The second-order valence-electron chi connectivity index (χ2n) is 4.87. The lowest BCUT2D eigenvalue weighted by Gasteiger charge is -2.27. The zero-order valence-electron chi connectivity index (χ0n) is 10.4. The number of ether oxygens (including phenoxy) is 1. The molecule has 0 radical (unpaired) electrons. The van der Waals surface area contributed by atoms with E-state index in [1.165, 1.54) is 6.42 Å². The first-order valence-corrected chi connectivity index (χ1v) is 7.83. The molecule has 2 heterocycles. The zero-order chi connectivity index (χ0) is 12.3. The van der Waals surface area contributed by atoms with E-state index >= 15 is 0 Å². The molecule has 2 aliphatic heterocycles. The second-order valence-corrected chi connectivity index (χ2v) is 6.53. The average Bonchev–Trinajstić information content (AvgIpc) is 2.76. The monoisotopic (exact) mass is 259 g/mol. The Kier molecular flexibility index (Phi) is 4.56. The van der Waals surface area contributed by atoms with Crippen LogP contribution in [0.1, 0.15) is 32.6 Å². The van der Waals surface area contributed by atoms with Crippen LogP contribution in [0.3, 0.4) is 0 Å². The molecule has 2 rings (SSSR count). The number of rotatable bonds is 3. The van der Waals surface area contributed by atoms with Gasteiger partial charge in [-0.3, -0.25) is 9.00 Å². The number of hydrogen-bond donors (Lipinski definition) is 0. The van der Waals surface area contributed by atoms with E-state index < -0.39 is 10.8 Å². The van der Waals surface area contributed by atoms with E-state index in [0.717, 1.165) is 32.4 Å². The second kappa shape index (κ2) is 5.96. The van der Waals surface area contributed by atoms with Crippen molar-refractivity contribution in [2.24, 2.45) is 0 Å². The summed E-state index contributed by atoms with van der Waals surface area (Å²) in [5.41, 5.74) is 0. The SMILES string of the molecule is C[C@H]1OCC[C@H]1[S@@](=O)CC(=O)N1CCCCC1. The van der Waals surface area contributed by atoms with Crippen LogP contribution in [0.25, 0.3) is 0 Å². The number of carbonyl (C=O) groups excluding carboxylic acids is 1. The Morgan fingerprint density at radius 1 is 1.35 bits per heavy atom. The average molecular weight is 259 g/mol. The van der Waals surface area contributed by atoms with Gasteiger partial charge in [-0.05, 0) is 32.6 Å². The minimum absolute atomic E-state index is 0.0324. The maximum Gasteiger partial charge on any atom is 0.235 e. The molecule has 0 unspecified atom stereocenters. The number of carbonyl (C=O) groups is 1. The summed E-state index contributed by atoms with van der Waals surface area (Å²) in [5, 5.41) is 0.0451. The summed E-state index contributed by atoms with van der Waals surface area (Å²) in [6.45, 7) is 4.30. The van der Waals surface area contributed by atoms with Crippen LogP contribution < -0.4 is 0 Å². The fourth-order valence-electron chi connectivity index (χ4n) is 2.52. The van der Waals surface area contributed by atoms with Crippen molar-refractivity contribution in [3.8, 4) is 0 Å². The molecule has 2 fully saturated rings. The minimum Gasteiger partial charge on any atom is -0.377 e. The third-order valence-electron chi connectivity index (χ3n) is 3.62. The Labute approximate surface area is 105 Å². The summed E-state index contributed by atoms with van der Waals surface area (Å²) in [4.78, 5) is 13.8. The topological polar surface area (TPSA) is 46.6 Å². The first-order valence-electron chi connectivity index (χ1n) is 6.45. The quantitative estimate of drug-likeness (QED) is 0.757. The van der Waals surface area contributed by atoms with Gasteiger partial charge in [-0.2, -0.15) is 0 Å². The van der Waals surface area contributed by atoms with Gasteiger partial charge in [0.2, 0.25) is 5.91 Å². The van der Waals surface area contributed by atoms with Gasteiger partial charge in [0.05, 0.1) is 11.4 Å². The summed E-state index contributed by atoms with van der Waals surface area (Å²) in [7, 11) is -1.07. The van der Waals surface area contributed by atoms with E-state index in [4.69, 9.17) is 4.74 Å². The molecule has 3 atom stereocenters. The first kappa shape index (κ1) is 13.0. The highest BCUT2D eigenvalue weighted by Crippen LogP contribution is 2.19. The Morgan fingerprint density at radius 3 is 2.65 bits per heavy atom. The number of hydrogen-bond acceptors (Lipinski definition) is 3. The normalized spacial score (nSPS) is 31.5. The minimum atomic E-state index is -1.07. The third kappa shape index (κ3) is 3.28. The van der Waals surface area contributed by atoms with E-state index in [1.807, 2.05) is 11.8 Å². The van der Waals surface area contributed by atoms with Gasteiger partial charge in [0, 0.05) is 30.5 Å². The van der Waals surface area contributed by atoms with E-state index in [0.29, 0.717) is 6.61 Å². The number of amides is 1. The molecule has 0 aliphatic carbocycles. The number of piperidine rings is 1. The maximum absolute atomic E-state index is 12.1. The fraction of sp³-hybridized carbons (Fsp3) is 0.917. The molecule has 0 aromatic carbocycles. The maximum atomic E-state index is 12.1. The predicted octanol–water partition coefficient (Wildman–Crippen LogP) is 0.925. The summed E-state index contributed by atoms with van der Waals surface area (Å²) < 4.78 is 17.5. The molecular formula is C12H21NO3S. The Balaban J connectivity index is 1.83. The molecule has 0 saturated carbocycles. The molecule has 1 amide bonds. The van der Waals surface area contributed by atoms with Crippen molar-refractivity contribution in [1.82, 2.24) is 4.90 Å². The van der Waals surface area contributed by atoms with Gasteiger partial charge in [-0.1, -0.05) is 0 Å². The van der Waals surface area contributed by atoms with Gasteiger partial charge in [-0.15, -0.1) is 0 Å². The van der Waals surface area contributed by atoms with Crippen molar-refractivity contribution in [1.29, 1.82) is 0 Å². The van der Waals surface area contributed by atoms with Crippen molar-refractivity contribution < 1.29 is 13.7 Å². The van der Waals surface area contributed by atoms with Crippen LogP contribution in [0, 0.1) is 0 Å². The summed E-state index contributed by atoms with van der Waals surface area (Å²) in [6, 6.07) is 0. The van der Waals surface area contributed by atoms with Crippen LogP contribution in [0.15, 0.2) is 0 Å². The lowest BCUT2D eigenvalue weighted by Crippen LogP contribution is -2.40. The lowest BCUT2D eigenvalue weighted by molar-refractivity contribution is -0.129. The molecule has 0 spiro atoms. The molecule has 2 aliphatic rings. The van der Waals surface area contributed by atoms with Crippen molar-refractivity contribution in [3.05, 3.63) is 0 Å². The van der Waals surface area contributed by atoms with E-state index in [-0.39, 0.29) is 23.0 Å². The molecule has 0 bridgehead atoms. The van der Waals surface area contributed by atoms with Crippen LogP contribution in [0.4, 0.5) is 0 Å². The molecule has 0 N–H and O–H groups in total. The molecule has 0 aromatic rings. The molecule has 0 aromatic heterocycles. The molecule has 5 heteroatoms. The van der Waals surface area contributed by atoms with E-state index in [2.05, 4.69) is 0 Å². The van der Waals surface area contributed by atoms with Crippen LogP contribution in [-0.4, -0.2) is 51.8 Å². The van der Waals surface area contributed by atoms with Gasteiger partial charge in [0.15, 0.2) is 0 Å². The summed E-state index contributed by atoms with van der Waals surface area (Å²) in [5.74, 6) is 0.236.